The van der Waals surface area contributed by atoms with Crippen molar-refractivity contribution in [3.8, 4) is 0 Å². The van der Waals surface area contributed by atoms with Gasteiger partial charge in [0.2, 0.25) is 5.91 Å². The lowest BCUT2D eigenvalue weighted by molar-refractivity contribution is -0.133. The summed E-state index contributed by atoms with van der Waals surface area (Å²) in [7, 11) is 0. The molecule has 2 saturated heterocycles. The molecule has 1 aromatic rings. The first-order valence-electron chi connectivity index (χ1n) is 9.87. The van der Waals surface area contributed by atoms with Crippen LogP contribution >= 0.6 is 0 Å². The van der Waals surface area contributed by atoms with Crippen molar-refractivity contribution in [1.29, 1.82) is 0 Å². The molecule has 3 rings (SSSR count). The molecule has 2 N–H and O–H groups in total. The maximum Gasteiger partial charge on any atom is 0.271 e. The molecule has 2 fully saturated rings. The van der Waals surface area contributed by atoms with E-state index in [1.54, 1.807) is 6.07 Å². The summed E-state index contributed by atoms with van der Waals surface area (Å²) in [6, 6.07) is 2.25. The third-order valence-corrected chi connectivity index (χ3v) is 5.25. The molecule has 0 spiro atoms. The molecule has 2 amide bonds. The van der Waals surface area contributed by atoms with Gasteiger partial charge in [-0.05, 0) is 44.2 Å². The van der Waals surface area contributed by atoms with E-state index in [2.05, 4.69) is 29.6 Å². The monoisotopic (exact) mass is 361 g/mol. The highest BCUT2D eigenvalue weighted by Crippen LogP contribution is 2.17. The van der Waals surface area contributed by atoms with Gasteiger partial charge in [-0.2, -0.15) is 5.10 Å². The van der Waals surface area contributed by atoms with Gasteiger partial charge in [0.1, 0.15) is 5.69 Å². The highest BCUT2D eigenvalue weighted by atomic mass is 16.2. The van der Waals surface area contributed by atoms with Crippen molar-refractivity contribution in [3.05, 3.63) is 18.0 Å². The molecule has 26 heavy (non-hydrogen) atoms. The second-order valence-corrected chi connectivity index (χ2v) is 7.91. The maximum absolute atomic E-state index is 12.5. The molecule has 1 unspecified atom stereocenters. The van der Waals surface area contributed by atoms with Gasteiger partial charge < -0.3 is 15.5 Å². The summed E-state index contributed by atoms with van der Waals surface area (Å²) in [5, 5.41) is 10.9. The van der Waals surface area contributed by atoms with Crippen molar-refractivity contribution in [2.45, 2.75) is 58.0 Å². The molecule has 0 aliphatic carbocycles. The Morgan fingerprint density at radius 2 is 2.08 bits per heavy atom. The number of hydrogen-bond acceptors (Lipinski definition) is 4. The smallest absolute Gasteiger partial charge is 0.271 e. The summed E-state index contributed by atoms with van der Waals surface area (Å²) < 4.78 is 1.91. The average molecular weight is 361 g/mol. The third-order valence-electron chi connectivity index (χ3n) is 5.25. The van der Waals surface area contributed by atoms with Crippen molar-refractivity contribution in [2.24, 2.45) is 5.92 Å². The summed E-state index contributed by atoms with van der Waals surface area (Å²) in [5.74, 6) is 0.499. The van der Waals surface area contributed by atoms with E-state index in [1.807, 2.05) is 15.8 Å². The van der Waals surface area contributed by atoms with Crippen molar-refractivity contribution in [1.82, 2.24) is 25.3 Å². The van der Waals surface area contributed by atoms with Crippen LogP contribution in [0.15, 0.2) is 12.3 Å². The molecule has 1 atom stereocenters. The lowest BCUT2D eigenvalue weighted by atomic mass is 10.0. The van der Waals surface area contributed by atoms with Crippen LogP contribution in [0.3, 0.4) is 0 Å². The number of carbonyl (C=O) groups excluding carboxylic acids is 2. The largest absolute Gasteiger partial charge is 0.348 e. The Labute approximate surface area is 155 Å². The fourth-order valence-corrected chi connectivity index (χ4v) is 3.73. The molecule has 0 radical (unpaired) electrons. The van der Waals surface area contributed by atoms with Crippen LogP contribution in [-0.2, 0) is 4.79 Å². The number of amides is 2. The average Bonchev–Trinajstić information content (AvgIpc) is 3.13. The molecule has 0 saturated carbocycles. The van der Waals surface area contributed by atoms with E-state index in [1.165, 1.54) is 0 Å². The van der Waals surface area contributed by atoms with Gasteiger partial charge in [-0.1, -0.05) is 13.8 Å². The van der Waals surface area contributed by atoms with Crippen LogP contribution in [0.2, 0.25) is 0 Å². The molecule has 0 bridgehead atoms. The van der Waals surface area contributed by atoms with E-state index in [4.69, 9.17) is 0 Å². The van der Waals surface area contributed by atoms with Crippen molar-refractivity contribution in [3.63, 3.8) is 0 Å². The summed E-state index contributed by atoms with van der Waals surface area (Å²) in [4.78, 5) is 26.5. The fraction of sp³-hybridized carbons (Fsp3) is 0.737. The topological polar surface area (TPSA) is 79.3 Å². The predicted octanol–water partition coefficient (Wildman–Crippen LogP) is 1.57. The second kappa shape index (κ2) is 8.66. The number of carbonyl (C=O) groups is 2. The molecule has 2 aliphatic rings. The molecule has 2 aliphatic heterocycles. The first-order chi connectivity index (χ1) is 12.5. The molecular weight excluding hydrogens is 330 g/mol. The summed E-state index contributed by atoms with van der Waals surface area (Å²) in [5.41, 5.74) is 0.480. The summed E-state index contributed by atoms with van der Waals surface area (Å²) >= 11 is 0. The first-order valence-corrected chi connectivity index (χ1v) is 9.87. The molecule has 0 aromatic carbocycles. The van der Waals surface area contributed by atoms with Gasteiger partial charge in [-0.25, -0.2) is 0 Å². The predicted molar refractivity (Wildman–Crippen MR) is 99.9 cm³/mol. The zero-order valence-electron chi connectivity index (χ0n) is 15.9. The molecule has 144 valence electrons. The van der Waals surface area contributed by atoms with E-state index < -0.39 is 0 Å². The third kappa shape index (κ3) is 4.84. The highest BCUT2D eigenvalue weighted by Gasteiger charge is 2.25. The molecule has 3 heterocycles. The highest BCUT2D eigenvalue weighted by molar-refractivity contribution is 5.92. The van der Waals surface area contributed by atoms with Crippen LogP contribution in [0, 0.1) is 5.92 Å². The van der Waals surface area contributed by atoms with E-state index in [9.17, 15) is 9.59 Å². The van der Waals surface area contributed by atoms with Crippen LogP contribution in [0.5, 0.6) is 0 Å². The lowest BCUT2D eigenvalue weighted by Gasteiger charge is -2.32. The number of rotatable bonds is 5. The van der Waals surface area contributed by atoms with Gasteiger partial charge in [0.15, 0.2) is 0 Å². The Bertz CT molecular complexity index is 613. The van der Waals surface area contributed by atoms with Crippen LogP contribution in [0.4, 0.5) is 0 Å². The zero-order valence-corrected chi connectivity index (χ0v) is 15.9. The number of likely N-dealkylation sites (tertiary alicyclic amines) is 1. The molecular formula is C19H31N5O2. The summed E-state index contributed by atoms with van der Waals surface area (Å²) in [6.45, 7) is 7.53. The normalized spacial score (nSPS) is 21.8. The standard InChI is InChI=1S/C19H31N5O2/c1-14(2)12-18(25)23-9-5-15(6-10-23)21-19(26)17-7-11-24(22-17)16-4-3-8-20-13-16/h7,11,14-16,20H,3-6,8-10,12-13H2,1-2H3,(H,21,26). The van der Waals surface area contributed by atoms with Gasteiger partial charge >= 0.3 is 0 Å². The lowest BCUT2D eigenvalue weighted by Crippen LogP contribution is -2.46. The Morgan fingerprint density at radius 1 is 1.31 bits per heavy atom. The Kier molecular flexibility index (Phi) is 6.29. The van der Waals surface area contributed by atoms with E-state index >= 15 is 0 Å². The quantitative estimate of drug-likeness (QED) is 0.834. The Balaban J connectivity index is 1.47. The zero-order chi connectivity index (χ0) is 18.5. The number of hydrogen-bond donors (Lipinski definition) is 2. The van der Waals surface area contributed by atoms with Crippen LogP contribution in [0.25, 0.3) is 0 Å². The number of piperidine rings is 2. The van der Waals surface area contributed by atoms with Crippen LogP contribution in [0.1, 0.15) is 62.5 Å². The van der Waals surface area contributed by atoms with Crippen LogP contribution < -0.4 is 10.6 Å². The molecule has 7 nitrogen and oxygen atoms in total. The Hall–Kier alpha value is -1.89. The first kappa shape index (κ1) is 18.9. The minimum Gasteiger partial charge on any atom is -0.348 e. The van der Waals surface area contributed by atoms with Gasteiger partial charge in [0.25, 0.3) is 5.91 Å². The van der Waals surface area contributed by atoms with Gasteiger partial charge in [0.05, 0.1) is 6.04 Å². The van der Waals surface area contributed by atoms with Gasteiger partial charge in [0, 0.05) is 38.3 Å². The number of nitrogens with one attached hydrogen (secondary N) is 2. The van der Waals surface area contributed by atoms with E-state index in [0.29, 0.717) is 24.1 Å². The molecule has 7 heteroatoms. The van der Waals surface area contributed by atoms with Crippen LogP contribution in [-0.4, -0.2) is 58.7 Å². The maximum atomic E-state index is 12.5. The van der Waals surface area contributed by atoms with Crippen molar-refractivity contribution in [2.75, 3.05) is 26.2 Å². The number of nitrogens with zero attached hydrogens (tertiary/aromatic N) is 3. The Morgan fingerprint density at radius 3 is 2.73 bits per heavy atom. The van der Waals surface area contributed by atoms with Gasteiger partial charge in [-0.15, -0.1) is 0 Å². The van der Waals surface area contributed by atoms with E-state index in [-0.39, 0.29) is 17.9 Å². The van der Waals surface area contributed by atoms with E-state index in [0.717, 1.165) is 51.9 Å². The fourth-order valence-electron chi connectivity index (χ4n) is 3.73. The minimum absolute atomic E-state index is 0.112. The van der Waals surface area contributed by atoms with Gasteiger partial charge in [-0.3, -0.25) is 14.3 Å². The second-order valence-electron chi connectivity index (χ2n) is 7.91. The SMILES string of the molecule is CC(C)CC(=O)N1CCC(NC(=O)c2ccn(C3CCCNC3)n2)CC1. The minimum atomic E-state index is -0.112. The van der Waals surface area contributed by atoms with Crippen molar-refractivity contribution >= 4 is 11.8 Å². The van der Waals surface area contributed by atoms with Crippen molar-refractivity contribution < 1.29 is 9.59 Å². The summed E-state index contributed by atoms with van der Waals surface area (Å²) in [6.07, 6.45) is 6.36. The molecule has 1 aromatic heterocycles. The number of aromatic nitrogens is 2.